The fourth-order valence-electron chi connectivity index (χ4n) is 3.17. The Balaban J connectivity index is 1.53. The molecular weight excluding hydrogens is 318 g/mol. The van der Waals surface area contributed by atoms with Crippen molar-refractivity contribution in [1.82, 2.24) is 5.32 Å². The lowest BCUT2D eigenvalue weighted by molar-refractivity contribution is 0.272. The minimum Gasteiger partial charge on any atom is -0.492 e. The van der Waals surface area contributed by atoms with Gasteiger partial charge in [0.05, 0.1) is 0 Å². The monoisotopic (exact) mass is 345 g/mol. The molecule has 2 heteroatoms. The fraction of sp³-hybridized carbons (Fsp3) is 0.250. The lowest BCUT2D eigenvalue weighted by Crippen LogP contribution is -2.33. The molecular formula is C24H27NO. The van der Waals surface area contributed by atoms with Gasteiger partial charge in [-0.1, -0.05) is 78.9 Å². The van der Waals surface area contributed by atoms with Crippen molar-refractivity contribution in [2.24, 2.45) is 0 Å². The number of hydrogen-bond acceptors (Lipinski definition) is 2. The SMILES string of the molecule is C[C@@H](COc1ccccc1)NCCC(c1ccccc1)c1ccccc1. The first-order valence-electron chi connectivity index (χ1n) is 9.34. The van der Waals surface area contributed by atoms with E-state index < -0.39 is 0 Å². The molecule has 1 N–H and O–H groups in total. The predicted octanol–water partition coefficient (Wildman–Crippen LogP) is 5.27. The van der Waals surface area contributed by atoms with Gasteiger partial charge in [0.2, 0.25) is 0 Å². The van der Waals surface area contributed by atoms with Crippen molar-refractivity contribution >= 4 is 0 Å². The first-order valence-corrected chi connectivity index (χ1v) is 9.34. The smallest absolute Gasteiger partial charge is 0.119 e. The molecule has 1 atom stereocenters. The Hall–Kier alpha value is -2.58. The van der Waals surface area contributed by atoms with Gasteiger partial charge in [-0.2, -0.15) is 0 Å². The maximum Gasteiger partial charge on any atom is 0.119 e. The lowest BCUT2D eigenvalue weighted by atomic mass is 9.88. The molecule has 0 aromatic heterocycles. The Morgan fingerprint density at radius 2 is 1.23 bits per heavy atom. The third-order valence-corrected chi connectivity index (χ3v) is 4.57. The maximum absolute atomic E-state index is 5.83. The van der Waals surface area contributed by atoms with Crippen molar-refractivity contribution in [3.63, 3.8) is 0 Å². The van der Waals surface area contributed by atoms with Crippen molar-refractivity contribution in [3.05, 3.63) is 102 Å². The van der Waals surface area contributed by atoms with E-state index >= 15 is 0 Å². The molecule has 0 aliphatic heterocycles. The van der Waals surface area contributed by atoms with Crippen LogP contribution in [0.1, 0.15) is 30.4 Å². The van der Waals surface area contributed by atoms with Gasteiger partial charge in [0, 0.05) is 12.0 Å². The lowest BCUT2D eigenvalue weighted by Gasteiger charge is -2.20. The van der Waals surface area contributed by atoms with Crippen LogP contribution in [0, 0.1) is 0 Å². The van der Waals surface area contributed by atoms with Crippen LogP contribution in [0.4, 0.5) is 0 Å². The van der Waals surface area contributed by atoms with Crippen LogP contribution in [-0.4, -0.2) is 19.2 Å². The van der Waals surface area contributed by atoms with Crippen LogP contribution in [0.15, 0.2) is 91.0 Å². The molecule has 0 fully saturated rings. The molecule has 2 nitrogen and oxygen atoms in total. The molecule has 3 aromatic rings. The molecule has 0 heterocycles. The van der Waals surface area contributed by atoms with Crippen LogP contribution in [0.2, 0.25) is 0 Å². The summed E-state index contributed by atoms with van der Waals surface area (Å²) in [5, 5.41) is 3.60. The number of nitrogens with one attached hydrogen (secondary N) is 1. The van der Waals surface area contributed by atoms with E-state index in [0.29, 0.717) is 18.6 Å². The normalized spacial score (nSPS) is 12.1. The van der Waals surface area contributed by atoms with Gasteiger partial charge >= 0.3 is 0 Å². The highest BCUT2D eigenvalue weighted by Crippen LogP contribution is 2.27. The van der Waals surface area contributed by atoms with E-state index in [1.165, 1.54) is 11.1 Å². The zero-order chi connectivity index (χ0) is 18.0. The molecule has 0 spiro atoms. The zero-order valence-electron chi connectivity index (χ0n) is 15.3. The van der Waals surface area contributed by atoms with Crippen LogP contribution in [0.25, 0.3) is 0 Å². The number of ether oxygens (including phenoxy) is 1. The summed E-state index contributed by atoms with van der Waals surface area (Å²) < 4.78 is 5.83. The van der Waals surface area contributed by atoms with Crippen LogP contribution < -0.4 is 10.1 Å². The summed E-state index contributed by atoms with van der Waals surface area (Å²) in [4.78, 5) is 0. The summed E-state index contributed by atoms with van der Waals surface area (Å²) in [5.41, 5.74) is 2.74. The average Bonchev–Trinajstić information content (AvgIpc) is 2.72. The van der Waals surface area contributed by atoms with Gasteiger partial charge in [-0.3, -0.25) is 0 Å². The van der Waals surface area contributed by atoms with Crippen LogP contribution in [-0.2, 0) is 0 Å². The Morgan fingerprint density at radius 1 is 0.731 bits per heavy atom. The Morgan fingerprint density at radius 3 is 1.77 bits per heavy atom. The minimum atomic E-state index is 0.308. The van der Waals surface area contributed by atoms with E-state index in [4.69, 9.17) is 4.74 Å². The van der Waals surface area contributed by atoms with Gasteiger partial charge in [0.25, 0.3) is 0 Å². The fourth-order valence-corrected chi connectivity index (χ4v) is 3.17. The van der Waals surface area contributed by atoms with Crippen LogP contribution in [0.3, 0.4) is 0 Å². The molecule has 26 heavy (non-hydrogen) atoms. The highest BCUT2D eigenvalue weighted by Gasteiger charge is 2.14. The topological polar surface area (TPSA) is 21.3 Å². The molecule has 0 unspecified atom stereocenters. The zero-order valence-corrected chi connectivity index (χ0v) is 15.3. The van der Waals surface area contributed by atoms with Gasteiger partial charge in [-0.05, 0) is 43.1 Å². The summed E-state index contributed by atoms with van der Waals surface area (Å²) >= 11 is 0. The maximum atomic E-state index is 5.83. The number of para-hydroxylation sites is 1. The highest BCUT2D eigenvalue weighted by atomic mass is 16.5. The summed E-state index contributed by atoms with van der Waals surface area (Å²) in [7, 11) is 0. The molecule has 3 aromatic carbocycles. The van der Waals surface area contributed by atoms with Gasteiger partial charge < -0.3 is 10.1 Å². The van der Waals surface area contributed by atoms with E-state index in [1.54, 1.807) is 0 Å². The highest BCUT2D eigenvalue weighted by molar-refractivity contribution is 5.32. The van der Waals surface area contributed by atoms with Crippen LogP contribution >= 0.6 is 0 Å². The molecule has 0 radical (unpaired) electrons. The van der Waals surface area contributed by atoms with Gasteiger partial charge in [-0.15, -0.1) is 0 Å². The first kappa shape index (κ1) is 18.2. The molecule has 0 saturated carbocycles. The third-order valence-electron chi connectivity index (χ3n) is 4.57. The molecule has 0 aliphatic carbocycles. The standard InChI is InChI=1S/C24H27NO/c1-20(19-26-23-15-9-4-10-16-23)25-18-17-24(21-11-5-2-6-12-21)22-13-7-3-8-14-22/h2-16,20,24-25H,17-19H2,1H3/t20-/m0/s1. The first-order chi connectivity index (χ1) is 12.8. The van der Waals surface area contributed by atoms with Crippen molar-refractivity contribution in [2.45, 2.75) is 25.3 Å². The van der Waals surface area contributed by atoms with E-state index in [1.807, 2.05) is 30.3 Å². The number of rotatable bonds is 9. The van der Waals surface area contributed by atoms with Crippen LogP contribution in [0.5, 0.6) is 5.75 Å². The number of hydrogen-bond donors (Lipinski definition) is 1. The average molecular weight is 345 g/mol. The van der Waals surface area contributed by atoms with Gasteiger partial charge in [-0.25, -0.2) is 0 Å². The molecule has 0 amide bonds. The Labute approximate surface area is 156 Å². The van der Waals surface area contributed by atoms with Crippen molar-refractivity contribution in [2.75, 3.05) is 13.2 Å². The summed E-state index contributed by atoms with van der Waals surface area (Å²) in [6.45, 7) is 3.79. The Kier molecular flexibility index (Phi) is 6.86. The second kappa shape index (κ2) is 9.79. The molecule has 3 rings (SSSR count). The van der Waals surface area contributed by atoms with E-state index in [9.17, 15) is 0 Å². The number of benzene rings is 3. The van der Waals surface area contributed by atoms with E-state index in [2.05, 4.69) is 72.9 Å². The molecule has 0 aliphatic rings. The minimum absolute atomic E-state index is 0.308. The van der Waals surface area contributed by atoms with Crippen molar-refractivity contribution in [3.8, 4) is 5.75 Å². The quantitative estimate of drug-likeness (QED) is 0.571. The molecule has 0 saturated heterocycles. The van der Waals surface area contributed by atoms with E-state index in [0.717, 1.165) is 18.7 Å². The van der Waals surface area contributed by atoms with Crippen molar-refractivity contribution in [1.29, 1.82) is 0 Å². The van der Waals surface area contributed by atoms with Gasteiger partial charge in [0.15, 0.2) is 0 Å². The van der Waals surface area contributed by atoms with E-state index in [-0.39, 0.29) is 0 Å². The molecule has 134 valence electrons. The Bertz CT molecular complexity index is 703. The second-order valence-electron chi connectivity index (χ2n) is 6.64. The van der Waals surface area contributed by atoms with Gasteiger partial charge in [0.1, 0.15) is 12.4 Å². The third kappa shape index (κ3) is 5.47. The summed E-state index contributed by atoms with van der Waals surface area (Å²) in [6, 6.07) is 31.8. The largest absolute Gasteiger partial charge is 0.492 e. The molecule has 0 bridgehead atoms. The summed E-state index contributed by atoms with van der Waals surface area (Å²) in [5.74, 6) is 1.33. The second-order valence-corrected chi connectivity index (χ2v) is 6.64. The summed E-state index contributed by atoms with van der Waals surface area (Å²) in [6.07, 6.45) is 1.06. The van der Waals surface area contributed by atoms with Crippen molar-refractivity contribution < 1.29 is 4.74 Å². The predicted molar refractivity (Wildman–Crippen MR) is 109 cm³/mol.